The van der Waals surface area contributed by atoms with Gasteiger partial charge in [0.25, 0.3) is 11.8 Å². The molecule has 8 nitrogen and oxygen atoms in total. The minimum Gasteiger partial charge on any atom is -0.465 e. The number of carbonyl (C=O) groups excluding carboxylic acids is 4. The minimum atomic E-state index is -0.537. The Balaban J connectivity index is 1.93. The van der Waals surface area contributed by atoms with E-state index >= 15 is 0 Å². The topological polar surface area (TPSA) is 114 Å². The van der Waals surface area contributed by atoms with Gasteiger partial charge in [0.15, 0.2) is 0 Å². The van der Waals surface area contributed by atoms with Crippen LogP contribution in [0.15, 0.2) is 48.5 Å². The van der Waals surface area contributed by atoms with Crippen molar-refractivity contribution in [2.45, 2.75) is 6.92 Å². The Morgan fingerprint density at radius 1 is 0.731 bits per heavy atom. The Morgan fingerprint density at radius 2 is 1.15 bits per heavy atom. The van der Waals surface area contributed by atoms with Crippen LogP contribution in [0.4, 0.5) is 5.69 Å². The second-order valence-electron chi connectivity index (χ2n) is 5.24. The maximum atomic E-state index is 12.0. The molecule has 0 aliphatic heterocycles. The third-order valence-corrected chi connectivity index (χ3v) is 3.33. The number of hydrogen-bond acceptors (Lipinski definition) is 5. The molecule has 0 saturated heterocycles. The van der Waals surface area contributed by atoms with Crippen LogP contribution in [0.1, 0.15) is 38.0 Å². The first kappa shape index (κ1) is 18.7. The number of hydrogen-bond donors (Lipinski definition) is 3. The molecule has 134 valence electrons. The van der Waals surface area contributed by atoms with Crippen LogP contribution in [-0.4, -0.2) is 30.8 Å². The van der Waals surface area contributed by atoms with Gasteiger partial charge in [0, 0.05) is 23.7 Å². The summed E-state index contributed by atoms with van der Waals surface area (Å²) in [6, 6.07) is 11.9. The van der Waals surface area contributed by atoms with Crippen molar-refractivity contribution in [1.29, 1.82) is 0 Å². The van der Waals surface area contributed by atoms with Crippen molar-refractivity contribution in [2.75, 3.05) is 12.4 Å². The highest BCUT2D eigenvalue weighted by Crippen LogP contribution is 2.09. The third-order valence-electron chi connectivity index (χ3n) is 3.33. The van der Waals surface area contributed by atoms with Crippen molar-refractivity contribution in [1.82, 2.24) is 10.9 Å². The van der Waals surface area contributed by atoms with Gasteiger partial charge in [0.05, 0.1) is 12.7 Å². The zero-order valence-electron chi connectivity index (χ0n) is 14.2. The van der Waals surface area contributed by atoms with Crippen LogP contribution in [-0.2, 0) is 9.53 Å². The van der Waals surface area contributed by atoms with E-state index in [0.717, 1.165) is 0 Å². The van der Waals surface area contributed by atoms with E-state index in [1.54, 1.807) is 12.1 Å². The summed E-state index contributed by atoms with van der Waals surface area (Å²) >= 11 is 0. The molecule has 0 bridgehead atoms. The highest BCUT2D eigenvalue weighted by Gasteiger charge is 2.11. The van der Waals surface area contributed by atoms with Crippen LogP contribution in [0.3, 0.4) is 0 Å². The molecular formula is C18H17N3O5. The first-order valence-electron chi connectivity index (χ1n) is 7.57. The summed E-state index contributed by atoms with van der Waals surface area (Å²) in [7, 11) is 1.27. The van der Waals surface area contributed by atoms with E-state index in [2.05, 4.69) is 20.9 Å². The molecule has 2 aromatic carbocycles. The summed E-state index contributed by atoms with van der Waals surface area (Å²) in [4.78, 5) is 46.3. The molecule has 0 fully saturated rings. The van der Waals surface area contributed by atoms with Crippen molar-refractivity contribution < 1.29 is 23.9 Å². The molecule has 0 radical (unpaired) electrons. The Kier molecular flexibility index (Phi) is 6.05. The fraction of sp³-hybridized carbons (Fsp3) is 0.111. The molecule has 0 aliphatic carbocycles. The van der Waals surface area contributed by atoms with Gasteiger partial charge in [-0.15, -0.1) is 0 Å². The Labute approximate surface area is 149 Å². The SMILES string of the molecule is COC(=O)c1ccc(C(=O)NNC(=O)c2ccc(NC(C)=O)cc2)cc1. The summed E-state index contributed by atoms with van der Waals surface area (Å²) in [5, 5.41) is 2.59. The van der Waals surface area contributed by atoms with Crippen molar-refractivity contribution >= 4 is 29.4 Å². The predicted octanol–water partition coefficient (Wildman–Crippen LogP) is 1.51. The van der Waals surface area contributed by atoms with Gasteiger partial charge in [0.1, 0.15) is 0 Å². The molecule has 3 N–H and O–H groups in total. The van der Waals surface area contributed by atoms with E-state index in [1.165, 1.54) is 50.4 Å². The van der Waals surface area contributed by atoms with Crippen molar-refractivity contribution in [2.24, 2.45) is 0 Å². The highest BCUT2D eigenvalue weighted by atomic mass is 16.5. The zero-order chi connectivity index (χ0) is 19.1. The smallest absolute Gasteiger partial charge is 0.337 e. The highest BCUT2D eigenvalue weighted by molar-refractivity contribution is 6.00. The van der Waals surface area contributed by atoms with E-state index in [0.29, 0.717) is 16.8 Å². The largest absolute Gasteiger partial charge is 0.465 e. The first-order chi connectivity index (χ1) is 12.4. The van der Waals surface area contributed by atoms with Crippen LogP contribution in [0.2, 0.25) is 0 Å². The van der Waals surface area contributed by atoms with Crippen molar-refractivity contribution in [3.05, 3.63) is 65.2 Å². The molecule has 0 aliphatic rings. The standard InChI is InChI=1S/C18H17N3O5/c1-11(22)19-15-9-7-13(8-10-15)17(24)21-20-16(23)12-3-5-14(6-4-12)18(25)26-2/h3-10H,1-2H3,(H,19,22)(H,20,23)(H,21,24). The molecule has 2 aromatic rings. The number of methoxy groups -OCH3 is 1. The van der Waals surface area contributed by atoms with Gasteiger partial charge in [-0.1, -0.05) is 0 Å². The van der Waals surface area contributed by atoms with Crippen molar-refractivity contribution in [3.8, 4) is 0 Å². The van der Waals surface area contributed by atoms with Gasteiger partial charge in [-0.05, 0) is 48.5 Å². The summed E-state index contributed by atoms with van der Waals surface area (Å²) in [6.07, 6.45) is 0. The van der Waals surface area contributed by atoms with Crippen LogP contribution in [0.5, 0.6) is 0 Å². The monoisotopic (exact) mass is 355 g/mol. The number of benzene rings is 2. The van der Waals surface area contributed by atoms with E-state index in [-0.39, 0.29) is 11.5 Å². The lowest BCUT2D eigenvalue weighted by Crippen LogP contribution is -2.41. The maximum Gasteiger partial charge on any atom is 0.337 e. The first-order valence-corrected chi connectivity index (χ1v) is 7.57. The lowest BCUT2D eigenvalue weighted by atomic mass is 10.1. The number of rotatable bonds is 4. The average Bonchev–Trinajstić information content (AvgIpc) is 2.65. The number of carbonyl (C=O) groups is 4. The zero-order valence-corrected chi connectivity index (χ0v) is 14.2. The minimum absolute atomic E-state index is 0.215. The van der Waals surface area contributed by atoms with Crippen LogP contribution in [0.25, 0.3) is 0 Å². The van der Waals surface area contributed by atoms with Crippen LogP contribution >= 0.6 is 0 Å². The third kappa shape index (κ3) is 4.91. The number of nitrogens with one attached hydrogen (secondary N) is 3. The summed E-state index contributed by atoms with van der Waals surface area (Å²) < 4.78 is 4.57. The quantitative estimate of drug-likeness (QED) is 0.568. The van der Waals surface area contributed by atoms with Gasteiger partial charge < -0.3 is 10.1 Å². The maximum absolute atomic E-state index is 12.0. The molecular weight excluding hydrogens is 338 g/mol. The van der Waals surface area contributed by atoms with E-state index in [9.17, 15) is 19.2 Å². The van der Waals surface area contributed by atoms with Crippen molar-refractivity contribution in [3.63, 3.8) is 0 Å². The van der Waals surface area contributed by atoms with Gasteiger partial charge in [0.2, 0.25) is 5.91 Å². The van der Waals surface area contributed by atoms with E-state index in [4.69, 9.17) is 0 Å². The molecule has 2 rings (SSSR count). The lowest BCUT2D eigenvalue weighted by Gasteiger charge is -2.08. The van der Waals surface area contributed by atoms with E-state index in [1.807, 2.05) is 0 Å². The number of ether oxygens (including phenoxy) is 1. The second-order valence-corrected chi connectivity index (χ2v) is 5.24. The number of hydrazine groups is 1. The molecule has 26 heavy (non-hydrogen) atoms. The molecule has 8 heteroatoms. The Bertz CT molecular complexity index is 829. The molecule has 0 atom stereocenters. The van der Waals surface area contributed by atoms with Crippen LogP contribution in [0, 0.1) is 0 Å². The lowest BCUT2D eigenvalue weighted by molar-refractivity contribution is -0.114. The molecule has 3 amide bonds. The second kappa shape index (κ2) is 8.43. The number of anilines is 1. The van der Waals surface area contributed by atoms with Gasteiger partial charge in [-0.2, -0.15) is 0 Å². The summed E-state index contributed by atoms with van der Waals surface area (Å²) in [5.41, 5.74) is 6.01. The summed E-state index contributed by atoms with van der Waals surface area (Å²) in [6.45, 7) is 1.38. The Morgan fingerprint density at radius 3 is 1.58 bits per heavy atom. The molecule has 0 aromatic heterocycles. The van der Waals surface area contributed by atoms with Gasteiger partial charge >= 0.3 is 5.97 Å². The normalized spacial score (nSPS) is 9.77. The Hall–Kier alpha value is -3.68. The molecule has 0 spiro atoms. The molecule has 0 saturated carbocycles. The predicted molar refractivity (Wildman–Crippen MR) is 93.5 cm³/mol. The fourth-order valence-electron chi connectivity index (χ4n) is 2.04. The molecule has 0 heterocycles. The summed E-state index contributed by atoms with van der Waals surface area (Å²) in [5.74, 6) is -1.77. The molecule has 0 unspecified atom stereocenters. The average molecular weight is 355 g/mol. The number of amides is 3. The van der Waals surface area contributed by atoms with Gasteiger partial charge in [-0.3, -0.25) is 25.2 Å². The van der Waals surface area contributed by atoms with Crippen LogP contribution < -0.4 is 16.2 Å². The van der Waals surface area contributed by atoms with Gasteiger partial charge in [-0.25, -0.2) is 4.79 Å². The van der Waals surface area contributed by atoms with E-state index < -0.39 is 17.8 Å². The number of esters is 1. The fourth-order valence-corrected chi connectivity index (χ4v) is 2.04.